The summed E-state index contributed by atoms with van der Waals surface area (Å²) in [7, 11) is 0. The van der Waals surface area contributed by atoms with Crippen molar-refractivity contribution in [3.63, 3.8) is 0 Å². The van der Waals surface area contributed by atoms with E-state index in [9.17, 15) is 29.2 Å². The topological polar surface area (TPSA) is 162 Å². The van der Waals surface area contributed by atoms with Gasteiger partial charge in [-0.1, -0.05) is 36.9 Å². The zero-order chi connectivity index (χ0) is 23.7. The standard InChI is InChI=1S/C21H27N5O6/c1-2-19(28)25-11-10-15(13-25)26(32)24-17(12-14-6-4-3-5-7-14)20(29)23-16(21(30)31)8-9-18(22)27/h2-7,15-17H,1,8-13H2,(H4-,22,23,24,27,29,30,31,32)/p+1/t15-,16-,17-/m0/s1. The number of primary amides is 1. The number of nitrogens with one attached hydrogen (secondary N) is 2. The fourth-order valence-corrected chi connectivity index (χ4v) is 3.38. The maximum atomic E-state index is 12.9. The molecule has 0 aliphatic carbocycles. The monoisotopic (exact) mass is 446 g/mol. The van der Waals surface area contributed by atoms with Crippen LogP contribution in [0.5, 0.6) is 0 Å². The molecule has 1 heterocycles. The summed E-state index contributed by atoms with van der Waals surface area (Å²) in [6.45, 7) is 4.00. The number of likely N-dealkylation sites (tertiary alicyclic amines) is 1. The van der Waals surface area contributed by atoms with Gasteiger partial charge in [0.05, 0.1) is 11.5 Å². The van der Waals surface area contributed by atoms with Gasteiger partial charge in [0.2, 0.25) is 17.7 Å². The molecule has 11 nitrogen and oxygen atoms in total. The first-order chi connectivity index (χ1) is 15.2. The highest BCUT2D eigenvalue weighted by atomic mass is 16.4. The average molecular weight is 446 g/mol. The summed E-state index contributed by atoms with van der Waals surface area (Å²) in [6.07, 6.45) is 1.32. The number of carboxylic acids is 1. The highest BCUT2D eigenvalue weighted by Crippen LogP contribution is 2.13. The highest BCUT2D eigenvalue weighted by molar-refractivity contribution is 5.88. The van der Waals surface area contributed by atoms with Gasteiger partial charge in [-0.3, -0.25) is 14.4 Å². The minimum Gasteiger partial charge on any atom is -0.480 e. The number of carboxylic acid groups (broad SMARTS) is 1. The van der Waals surface area contributed by atoms with Gasteiger partial charge in [0.15, 0.2) is 6.04 Å². The molecule has 2 rings (SSSR count). The molecule has 5 N–H and O–H groups in total. The second kappa shape index (κ2) is 11.6. The minimum absolute atomic E-state index is 0.121. The highest BCUT2D eigenvalue weighted by Gasteiger charge is 2.39. The molecule has 0 spiro atoms. The number of hydrogen-bond acceptors (Lipinski definition) is 5. The average Bonchev–Trinajstić information content (AvgIpc) is 3.26. The minimum atomic E-state index is -1.33. The number of hydrogen-bond donors (Lipinski definition) is 4. The third-order valence-corrected chi connectivity index (χ3v) is 5.16. The van der Waals surface area contributed by atoms with Crippen LogP contribution in [0.3, 0.4) is 0 Å². The Hall–Kier alpha value is -3.76. The van der Waals surface area contributed by atoms with Crippen LogP contribution in [-0.4, -0.2) is 69.8 Å². The summed E-state index contributed by atoms with van der Waals surface area (Å²) in [5.41, 5.74) is 8.44. The van der Waals surface area contributed by atoms with Crippen molar-refractivity contribution in [2.45, 2.75) is 43.8 Å². The van der Waals surface area contributed by atoms with Crippen molar-refractivity contribution in [2.75, 3.05) is 13.1 Å². The predicted molar refractivity (Wildman–Crippen MR) is 114 cm³/mol. The number of amides is 3. The van der Waals surface area contributed by atoms with Crippen molar-refractivity contribution in [3.8, 4) is 0 Å². The van der Waals surface area contributed by atoms with Gasteiger partial charge < -0.3 is 21.1 Å². The van der Waals surface area contributed by atoms with Crippen molar-refractivity contribution >= 4 is 23.7 Å². The zero-order valence-corrected chi connectivity index (χ0v) is 17.6. The third kappa shape index (κ3) is 7.18. The summed E-state index contributed by atoms with van der Waals surface area (Å²) < 4.78 is 0. The van der Waals surface area contributed by atoms with Crippen LogP contribution in [-0.2, 0) is 25.6 Å². The van der Waals surface area contributed by atoms with Crippen LogP contribution < -0.4 is 16.5 Å². The Labute approximate surface area is 185 Å². The summed E-state index contributed by atoms with van der Waals surface area (Å²) in [5, 5.41) is 11.7. The largest absolute Gasteiger partial charge is 0.480 e. The van der Waals surface area contributed by atoms with E-state index in [-0.39, 0.29) is 31.7 Å². The molecule has 1 aliphatic rings. The molecule has 0 bridgehead atoms. The molecule has 1 saturated heterocycles. The summed E-state index contributed by atoms with van der Waals surface area (Å²) in [6, 6.07) is 5.94. The van der Waals surface area contributed by atoms with E-state index in [1.54, 1.807) is 30.3 Å². The number of nitroso groups, excluding NO2 is 1. The molecule has 0 aromatic heterocycles. The van der Waals surface area contributed by atoms with Crippen molar-refractivity contribution < 1.29 is 29.2 Å². The van der Waals surface area contributed by atoms with Gasteiger partial charge >= 0.3 is 5.97 Å². The van der Waals surface area contributed by atoms with Gasteiger partial charge in [0, 0.05) is 25.8 Å². The smallest absolute Gasteiger partial charge is 0.326 e. The van der Waals surface area contributed by atoms with Gasteiger partial charge in [-0.2, -0.15) is 0 Å². The first-order valence-electron chi connectivity index (χ1n) is 10.2. The molecule has 1 aromatic carbocycles. The molecule has 0 saturated carbocycles. The lowest BCUT2D eigenvalue weighted by Gasteiger charge is -2.19. The Bertz CT molecular complexity index is 875. The third-order valence-electron chi connectivity index (χ3n) is 5.16. The Morgan fingerprint density at radius 2 is 1.94 bits per heavy atom. The molecule has 32 heavy (non-hydrogen) atoms. The first-order valence-corrected chi connectivity index (χ1v) is 10.2. The number of rotatable bonds is 12. The summed E-state index contributed by atoms with van der Waals surface area (Å²) in [5.74, 6) is -2.98. The van der Waals surface area contributed by atoms with Crippen molar-refractivity contribution in [3.05, 3.63) is 53.5 Å². The fraction of sp³-hybridized carbons (Fsp3) is 0.429. The van der Waals surface area contributed by atoms with Gasteiger partial charge in [0.25, 0.3) is 6.04 Å². The number of carbonyl (C=O) groups is 4. The Morgan fingerprint density at radius 1 is 1.25 bits per heavy atom. The van der Waals surface area contributed by atoms with E-state index in [0.717, 1.165) is 5.56 Å². The molecule has 1 aliphatic heterocycles. The molecule has 11 heteroatoms. The maximum Gasteiger partial charge on any atom is 0.326 e. The number of hydrazine groups is 1. The molecular weight excluding hydrogens is 418 g/mol. The molecule has 3 atom stereocenters. The molecule has 3 amide bonds. The van der Waals surface area contributed by atoms with Crippen LogP contribution in [0.15, 0.2) is 43.0 Å². The van der Waals surface area contributed by atoms with Crippen LogP contribution in [0.25, 0.3) is 0 Å². The lowest BCUT2D eigenvalue weighted by molar-refractivity contribution is -0.640. The normalized spacial score (nSPS) is 17.1. The Morgan fingerprint density at radius 3 is 2.53 bits per heavy atom. The first kappa shape index (κ1) is 24.5. The van der Waals surface area contributed by atoms with Gasteiger partial charge in [-0.05, 0) is 18.1 Å². The van der Waals surface area contributed by atoms with E-state index in [2.05, 4.69) is 17.3 Å². The van der Waals surface area contributed by atoms with Gasteiger partial charge in [-0.15, -0.1) is 5.43 Å². The zero-order valence-electron chi connectivity index (χ0n) is 17.6. The van der Waals surface area contributed by atoms with Crippen LogP contribution in [0.1, 0.15) is 24.8 Å². The van der Waals surface area contributed by atoms with Crippen LogP contribution in [0.4, 0.5) is 0 Å². The second-order valence-electron chi connectivity index (χ2n) is 7.53. The van der Waals surface area contributed by atoms with Gasteiger partial charge in [-0.25, -0.2) is 4.79 Å². The van der Waals surface area contributed by atoms with E-state index in [1.807, 2.05) is 0 Å². The molecule has 1 aromatic rings. The number of nitrogens with zero attached hydrogens (tertiary/aromatic N) is 2. The van der Waals surface area contributed by atoms with Crippen LogP contribution >= 0.6 is 0 Å². The molecule has 172 valence electrons. The fourth-order valence-electron chi connectivity index (χ4n) is 3.38. The Kier molecular flexibility index (Phi) is 8.87. The van der Waals surface area contributed by atoms with E-state index in [0.29, 0.717) is 17.8 Å². The van der Waals surface area contributed by atoms with E-state index < -0.39 is 35.9 Å². The van der Waals surface area contributed by atoms with Crippen molar-refractivity contribution in [1.29, 1.82) is 0 Å². The van der Waals surface area contributed by atoms with Crippen molar-refractivity contribution in [1.82, 2.24) is 15.6 Å². The van der Waals surface area contributed by atoms with E-state index >= 15 is 0 Å². The molecule has 0 unspecified atom stereocenters. The summed E-state index contributed by atoms with van der Waals surface area (Å²) >= 11 is 0. The van der Waals surface area contributed by atoms with E-state index in [4.69, 9.17) is 5.73 Å². The molecular formula is C21H28N5O6+. The molecule has 1 fully saturated rings. The number of benzene rings is 1. The predicted octanol–water partition coefficient (Wildman–Crippen LogP) is -0.497. The number of aliphatic carboxylic acids is 1. The maximum absolute atomic E-state index is 12.9. The van der Waals surface area contributed by atoms with Gasteiger partial charge in [0.1, 0.15) is 10.9 Å². The SMILES string of the molecule is C=CC(=O)N1CC[C@H]([N+](=O)N[C@@H](Cc2ccccc2)C(=O)N[C@@H](CCC(N)=O)C(=O)O)C1. The lowest BCUT2D eigenvalue weighted by atomic mass is 10.0. The molecule has 0 radical (unpaired) electrons. The second-order valence-corrected chi connectivity index (χ2v) is 7.53. The van der Waals surface area contributed by atoms with E-state index in [1.165, 1.54) is 11.0 Å². The number of nitrogens with two attached hydrogens (primary N) is 1. The lowest BCUT2D eigenvalue weighted by Crippen LogP contribution is -2.54. The number of carbonyl (C=O) groups excluding carboxylic acids is 3. The summed E-state index contributed by atoms with van der Waals surface area (Å²) in [4.78, 5) is 61.9. The van der Waals surface area contributed by atoms with Crippen LogP contribution in [0, 0.1) is 4.91 Å². The quantitative estimate of drug-likeness (QED) is 0.191. The Balaban J connectivity index is 2.11. The van der Waals surface area contributed by atoms with Crippen molar-refractivity contribution in [2.24, 2.45) is 5.73 Å². The van der Waals surface area contributed by atoms with Crippen LogP contribution in [0.2, 0.25) is 0 Å².